The molecule has 1 aromatic rings. The number of likely N-dealkylation sites (N-methyl/N-ethyl adjacent to an activating group) is 1. The lowest BCUT2D eigenvalue weighted by Crippen LogP contribution is -2.29. The van der Waals surface area contributed by atoms with E-state index in [9.17, 15) is 14.9 Å². The van der Waals surface area contributed by atoms with Gasteiger partial charge in [-0.2, -0.15) is 0 Å². The molecule has 0 atom stereocenters. The SMILES string of the molecule is CN(CCO)C(=O)c1ccc([N+](=O)[O-])cc1Br. The third-order valence-corrected chi connectivity index (χ3v) is 2.83. The zero-order valence-electron chi connectivity index (χ0n) is 9.09. The van der Waals surface area contributed by atoms with Gasteiger partial charge < -0.3 is 10.0 Å². The Labute approximate surface area is 106 Å². The van der Waals surface area contributed by atoms with Gasteiger partial charge in [-0.05, 0) is 22.0 Å². The van der Waals surface area contributed by atoms with Crippen LogP contribution in [0.3, 0.4) is 0 Å². The van der Waals surface area contributed by atoms with Crippen LogP contribution in [0.15, 0.2) is 22.7 Å². The standard InChI is InChI=1S/C10H11BrN2O4/c1-12(4-5-14)10(15)8-3-2-7(13(16)17)6-9(8)11/h2-3,6,14H,4-5H2,1H3. The lowest BCUT2D eigenvalue weighted by atomic mass is 10.2. The van der Waals surface area contributed by atoms with Crippen molar-refractivity contribution >= 4 is 27.5 Å². The molecule has 0 aliphatic carbocycles. The smallest absolute Gasteiger partial charge is 0.270 e. The minimum atomic E-state index is -0.531. The fraction of sp³-hybridized carbons (Fsp3) is 0.300. The lowest BCUT2D eigenvalue weighted by molar-refractivity contribution is -0.384. The Morgan fingerprint density at radius 3 is 2.71 bits per heavy atom. The highest BCUT2D eigenvalue weighted by Gasteiger charge is 2.17. The minimum absolute atomic E-state index is 0.0850. The van der Waals surface area contributed by atoms with Crippen molar-refractivity contribution in [1.82, 2.24) is 4.90 Å². The summed E-state index contributed by atoms with van der Waals surface area (Å²) < 4.78 is 0.362. The second-order valence-corrected chi connectivity index (χ2v) is 4.23. The van der Waals surface area contributed by atoms with E-state index >= 15 is 0 Å². The van der Waals surface area contributed by atoms with E-state index in [0.717, 1.165) is 0 Å². The predicted octanol–water partition coefficient (Wildman–Crippen LogP) is 1.42. The number of rotatable bonds is 4. The number of hydrogen-bond acceptors (Lipinski definition) is 4. The number of hydrogen-bond donors (Lipinski definition) is 1. The van der Waals surface area contributed by atoms with Crippen molar-refractivity contribution in [3.05, 3.63) is 38.3 Å². The Balaban J connectivity index is 3.00. The summed E-state index contributed by atoms with van der Waals surface area (Å²) in [5, 5.41) is 19.3. The van der Waals surface area contributed by atoms with Crippen LogP contribution >= 0.6 is 15.9 Å². The summed E-state index contributed by atoms with van der Waals surface area (Å²) in [6.45, 7) is 0.0785. The largest absolute Gasteiger partial charge is 0.395 e. The number of benzene rings is 1. The van der Waals surface area contributed by atoms with E-state index in [1.54, 1.807) is 7.05 Å². The Hall–Kier alpha value is -1.47. The highest BCUT2D eigenvalue weighted by Crippen LogP contribution is 2.23. The van der Waals surface area contributed by atoms with Gasteiger partial charge in [0.2, 0.25) is 0 Å². The zero-order valence-corrected chi connectivity index (χ0v) is 10.7. The molecule has 17 heavy (non-hydrogen) atoms. The Bertz CT molecular complexity index is 450. The molecule has 0 aliphatic heterocycles. The second-order valence-electron chi connectivity index (χ2n) is 3.37. The van der Waals surface area contributed by atoms with Gasteiger partial charge in [-0.1, -0.05) is 0 Å². The topological polar surface area (TPSA) is 83.7 Å². The molecule has 1 N–H and O–H groups in total. The monoisotopic (exact) mass is 302 g/mol. The van der Waals surface area contributed by atoms with Gasteiger partial charge in [0.15, 0.2) is 0 Å². The summed E-state index contributed by atoms with van der Waals surface area (Å²) in [5.74, 6) is -0.305. The summed E-state index contributed by atoms with van der Waals surface area (Å²) in [6.07, 6.45) is 0. The molecule has 0 aromatic heterocycles. The summed E-state index contributed by atoms with van der Waals surface area (Å²) in [7, 11) is 1.55. The van der Waals surface area contributed by atoms with Gasteiger partial charge in [-0.25, -0.2) is 0 Å². The summed E-state index contributed by atoms with van der Waals surface area (Å²) in [6, 6.07) is 3.93. The van der Waals surface area contributed by atoms with Crippen LogP contribution in [0.2, 0.25) is 0 Å². The van der Waals surface area contributed by atoms with Crippen molar-refractivity contribution in [2.75, 3.05) is 20.2 Å². The second kappa shape index (κ2) is 5.74. The van der Waals surface area contributed by atoms with Crippen LogP contribution in [0.1, 0.15) is 10.4 Å². The van der Waals surface area contributed by atoms with Crippen molar-refractivity contribution in [3.8, 4) is 0 Å². The molecular weight excluding hydrogens is 292 g/mol. The molecular formula is C10H11BrN2O4. The molecule has 0 radical (unpaired) electrons. The van der Waals surface area contributed by atoms with Gasteiger partial charge in [0.1, 0.15) is 0 Å². The number of non-ortho nitro benzene ring substituents is 1. The molecule has 0 heterocycles. The maximum atomic E-state index is 11.9. The fourth-order valence-electron chi connectivity index (χ4n) is 1.25. The van der Waals surface area contributed by atoms with Crippen LogP contribution in [-0.4, -0.2) is 41.0 Å². The number of carbonyl (C=O) groups is 1. The average Bonchev–Trinajstić information content (AvgIpc) is 2.28. The minimum Gasteiger partial charge on any atom is -0.395 e. The molecule has 1 aromatic carbocycles. The third-order valence-electron chi connectivity index (χ3n) is 2.18. The number of halogens is 1. The number of nitrogens with zero attached hydrogens (tertiary/aromatic N) is 2. The zero-order chi connectivity index (χ0) is 13.0. The van der Waals surface area contributed by atoms with E-state index < -0.39 is 4.92 Å². The first-order valence-corrected chi connectivity index (χ1v) is 5.57. The molecule has 7 heteroatoms. The van der Waals surface area contributed by atoms with Gasteiger partial charge >= 0.3 is 0 Å². The fourth-order valence-corrected chi connectivity index (χ4v) is 1.78. The van der Waals surface area contributed by atoms with Crippen LogP contribution in [0.5, 0.6) is 0 Å². The maximum Gasteiger partial charge on any atom is 0.270 e. The molecule has 0 bridgehead atoms. The van der Waals surface area contributed by atoms with Gasteiger partial charge in [0, 0.05) is 30.2 Å². The van der Waals surface area contributed by atoms with Crippen molar-refractivity contribution in [2.24, 2.45) is 0 Å². The number of aliphatic hydroxyl groups is 1. The lowest BCUT2D eigenvalue weighted by Gasteiger charge is -2.16. The van der Waals surface area contributed by atoms with E-state index in [1.807, 2.05) is 0 Å². The molecule has 0 saturated carbocycles. The molecule has 6 nitrogen and oxygen atoms in total. The molecule has 92 valence electrons. The van der Waals surface area contributed by atoms with Gasteiger partial charge in [-0.3, -0.25) is 14.9 Å². The first kappa shape index (κ1) is 13.6. The number of aliphatic hydroxyl groups excluding tert-OH is 1. The van der Waals surface area contributed by atoms with Crippen LogP contribution in [-0.2, 0) is 0 Å². The first-order chi connectivity index (χ1) is 7.97. The molecule has 0 aliphatic rings. The molecule has 0 fully saturated rings. The average molecular weight is 303 g/mol. The van der Waals surface area contributed by atoms with Gasteiger partial charge in [-0.15, -0.1) is 0 Å². The van der Waals surface area contributed by atoms with Crippen LogP contribution in [0.25, 0.3) is 0 Å². The number of amides is 1. The Morgan fingerprint density at radius 2 is 2.24 bits per heavy atom. The highest BCUT2D eigenvalue weighted by molar-refractivity contribution is 9.10. The molecule has 0 unspecified atom stereocenters. The van der Waals surface area contributed by atoms with E-state index in [1.165, 1.54) is 23.1 Å². The van der Waals surface area contributed by atoms with Crippen LogP contribution < -0.4 is 0 Å². The number of carbonyl (C=O) groups excluding carboxylic acids is 1. The first-order valence-electron chi connectivity index (χ1n) is 4.77. The summed E-state index contributed by atoms with van der Waals surface area (Å²) in [5.41, 5.74) is 0.241. The molecule has 1 rings (SSSR count). The maximum absolute atomic E-state index is 11.9. The van der Waals surface area contributed by atoms with Gasteiger partial charge in [0.05, 0.1) is 17.1 Å². The third kappa shape index (κ3) is 3.24. The quantitative estimate of drug-likeness (QED) is 0.673. The van der Waals surface area contributed by atoms with Crippen molar-refractivity contribution in [1.29, 1.82) is 0 Å². The number of nitro groups is 1. The molecule has 0 spiro atoms. The van der Waals surface area contributed by atoms with Crippen molar-refractivity contribution in [3.63, 3.8) is 0 Å². The number of nitro benzene ring substituents is 1. The van der Waals surface area contributed by atoms with E-state index in [-0.39, 0.29) is 24.7 Å². The predicted molar refractivity (Wildman–Crippen MR) is 64.8 cm³/mol. The van der Waals surface area contributed by atoms with Gasteiger partial charge in [0.25, 0.3) is 11.6 Å². The summed E-state index contributed by atoms with van der Waals surface area (Å²) >= 11 is 3.12. The van der Waals surface area contributed by atoms with Crippen molar-refractivity contribution in [2.45, 2.75) is 0 Å². The van der Waals surface area contributed by atoms with E-state index in [0.29, 0.717) is 10.0 Å². The molecule has 1 amide bonds. The van der Waals surface area contributed by atoms with E-state index in [4.69, 9.17) is 5.11 Å². The Kier molecular flexibility index (Phi) is 4.59. The van der Waals surface area contributed by atoms with Crippen LogP contribution in [0.4, 0.5) is 5.69 Å². The van der Waals surface area contributed by atoms with E-state index in [2.05, 4.69) is 15.9 Å². The Morgan fingerprint density at radius 1 is 1.59 bits per heavy atom. The van der Waals surface area contributed by atoms with Crippen molar-refractivity contribution < 1.29 is 14.8 Å². The normalized spacial score (nSPS) is 10.1. The molecule has 0 saturated heterocycles. The highest BCUT2D eigenvalue weighted by atomic mass is 79.9. The van der Waals surface area contributed by atoms with Crippen LogP contribution in [0, 0.1) is 10.1 Å². The summed E-state index contributed by atoms with van der Waals surface area (Å²) in [4.78, 5) is 23.2.